The largest absolute Gasteiger partial charge is 0.478 e. The monoisotopic (exact) mass is 312 g/mol. The average molecular weight is 312 g/mol. The van der Waals surface area contributed by atoms with Gasteiger partial charge in [-0.25, -0.2) is 4.79 Å². The normalized spacial score (nSPS) is 11.3. The summed E-state index contributed by atoms with van der Waals surface area (Å²) in [5.41, 5.74) is 4.29. The molecular formula is C19H20O4. The molecule has 23 heavy (non-hydrogen) atoms. The first-order chi connectivity index (χ1) is 11.0. The molecule has 0 fully saturated rings. The highest BCUT2D eigenvalue weighted by atomic mass is 16.7. The molecule has 2 aromatic carbocycles. The van der Waals surface area contributed by atoms with Crippen molar-refractivity contribution >= 4 is 11.5 Å². The number of ether oxygens (including phenoxy) is 2. The first kappa shape index (κ1) is 16.8. The maximum absolute atomic E-state index is 11.3. The number of hydrogen-bond donors (Lipinski definition) is 1. The van der Waals surface area contributed by atoms with Crippen LogP contribution in [0.25, 0.3) is 5.57 Å². The molecule has 0 saturated carbocycles. The smallest absolute Gasteiger partial charge is 0.328 e. The van der Waals surface area contributed by atoms with Gasteiger partial charge < -0.3 is 14.6 Å². The summed E-state index contributed by atoms with van der Waals surface area (Å²) in [5, 5.41) is 9.26. The number of aryl methyl sites for hydroxylation is 2. The molecule has 0 spiro atoms. The zero-order chi connectivity index (χ0) is 16.8. The van der Waals surface area contributed by atoms with Crippen molar-refractivity contribution in [1.29, 1.82) is 0 Å². The summed E-state index contributed by atoms with van der Waals surface area (Å²) in [6.07, 6.45) is 1.21. The van der Waals surface area contributed by atoms with Crippen LogP contribution in [0.5, 0.6) is 5.75 Å². The second-order valence-corrected chi connectivity index (χ2v) is 5.31. The zero-order valence-corrected chi connectivity index (χ0v) is 13.5. The van der Waals surface area contributed by atoms with Crippen LogP contribution in [0.2, 0.25) is 0 Å². The van der Waals surface area contributed by atoms with Gasteiger partial charge in [0.05, 0.1) is 0 Å². The Kier molecular flexibility index (Phi) is 5.55. The van der Waals surface area contributed by atoms with Gasteiger partial charge in [0, 0.05) is 18.7 Å². The Balaban J connectivity index is 2.57. The second kappa shape index (κ2) is 7.61. The van der Waals surface area contributed by atoms with Crippen LogP contribution in [0.15, 0.2) is 48.5 Å². The molecule has 4 nitrogen and oxygen atoms in total. The van der Waals surface area contributed by atoms with Gasteiger partial charge in [0.15, 0.2) is 6.79 Å². The Morgan fingerprint density at radius 1 is 1.09 bits per heavy atom. The van der Waals surface area contributed by atoms with Crippen molar-refractivity contribution in [3.05, 3.63) is 70.8 Å². The number of carbonyl (C=O) groups is 1. The molecule has 0 aromatic heterocycles. The maximum Gasteiger partial charge on any atom is 0.328 e. The second-order valence-electron chi connectivity index (χ2n) is 5.31. The molecule has 0 aliphatic heterocycles. The molecule has 1 N–H and O–H groups in total. The Morgan fingerprint density at radius 2 is 1.74 bits per heavy atom. The van der Waals surface area contributed by atoms with E-state index in [9.17, 15) is 9.90 Å². The van der Waals surface area contributed by atoms with Gasteiger partial charge in [-0.2, -0.15) is 0 Å². The molecule has 0 atom stereocenters. The minimum Gasteiger partial charge on any atom is -0.478 e. The summed E-state index contributed by atoms with van der Waals surface area (Å²) in [7, 11) is 1.54. The van der Waals surface area contributed by atoms with Crippen LogP contribution in [0.3, 0.4) is 0 Å². The highest BCUT2D eigenvalue weighted by Crippen LogP contribution is 2.32. The van der Waals surface area contributed by atoms with Gasteiger partial charge in [0.1, 0.15) is 5.75 Å². The molecule has 2 aromatic rings. The fourth-order valence-electron chi connectivity index (χ4n) is 2.28. The molecule has 120 valence electrons. The van der Waals surface area contributed by atoms with Gasteiger partial charge in [0.2, 0.25) is 0 Å². The summed E-state index contributed by atoms with van der Waals surface area (Å²) in [5.74, 6) is -0.412. The number of methoxy groups -OCH3 is 1. The summed E-state index contributed by atoms with van der Waals surface area (Å²) in [6.45, 7) is 4.05. The maximum atomic E-state index is 11.3. The van der Waals surface area contributed by atoms with E-state index in [1.807, 2.05) is 56.3 Å². The van der Waals surface area contributed by atoms with E-state index in [1.165, 1.54) is 6.08 Å². The van der Waals surface area contributed by atoms with Crippen LogP contribution in [0.4, 0.5) is 0 Å². The Bertz CT molecular complexity index is 715. The van der Waals surface area contributed by atoms with Gasteiger partial charge >= 0.3 is 5.97 Å². The number of hydrogen-bond acceptors (Lipinski definition) is 3. The number of rotatable bonds is 6. The molecule has 0 amide bonds. The van der Waals surface area contributed by atoms with Gasteiger partial charge in [-0.3, -0.25) is 0 Å². The number of carboxylic acids is 1. The van der Waals surface area contributed by atoms with E-state index in [1.54, 1.807) is 7.11 Å². The molecule has 0 heterocycles. The molecule has 0 aliphatic carbocycles. The van der Waals surface area contributed by atoms with Crippen LogP contribution >= 0.6 is 0 Å². The quantitative estimate of drug-likeness (QED) is 0.651. The number of carboxylic acid groups (broad SMARTS) is 1. The lowest BCUT2D eigenvalue weighted by Crippen LogP contribution is -2.03. The van der Waals surface area contributed by atoms with E-state index in [-0.39, 0.29) is 6.79 Å². The van der Waals surface area contributed by atoms with Crippen LogP contribution in [-0.4, -0.2) is 25.0 Å². The highest BCUT2D eigenvalue weighted by Gasteiger charge is 2.13. The molecule has 0 unspecified atom stereocenters. The number of benzene rings is 2. The van der Waals surface area contributed by atoms with E-state index in [4.69, 9.17) is 9.47 Å². The summed E-state index contributed by atoms with van der Waals surface area (Å²) < 4.78 is 10.5. The summed E-state index contributed by atoms with van der Waals surface area (Å²) in [4.78, 5) is 11.3. The fraction of sp³-hybridized carbons (Fsp3) is 0.211. The third kappa shape index (κ3) is 4.44. The standard InChI is InChI=1S/C19H20O4/c1-13-4-7-15(8-5-13)16(11-19(20)21)17-10-14(2)6-9-18(17)23-12-22-3/h4-11H,12H2,1-3H3,(H,20,21)/b16-11-. The summed E-state index contributed by atoms with van der Waals surface area (Å²) in [6, 6.07) is 13.4. The third-order valence-electron chi connectivity index (χ3n) is 3.39. The van der Waals surface area contributed by atoms with Crippen molar-refractivity contribution in [2.45, 2.75) is 13.8 Å². The lowest BCUT2D eigenvalue weighted by molar-refractivity contribution is -0.131. The van der Waals surface area contributed by atoms with Crippen molar-refractivity contribution in [3.8, 4) is 5.75 Å². The van der Waals surface area contributed by atoms with Gasteiger partial charge in [-0.15, -0.1) is 0 Å². The van der Waals surface area contributed by atoms with Crippen LogP contribution < -0.4 is 4.74 Å². The highest BCUT2D eigenvalue weighted by molar-refractivity contribution is 5.96. The van der Waals surface area contributed by atoms with Crippen LogP contribution in [0.1, 0.15) is 22.3 Å². The Labute approximate surface area is 136 Å². The molecule has 0 aliphatic rings. The predicted octanol–water partition coefficient (Wildman–Crippen LogP) is 3.80. The van der Waals surface area contributed by atoms with Crippen molar-refractivity contribution in [2.24, 2.45) is 0 Å². The summed E-state index contributed by atoms with van der Waals surface area (Å²) >= 11 is 0. The van der Waals surface area contributed by atoms with Gasteiger partial charge in [0.25, 0.3) is 0 Å². The van der Waals surface area contributed by atoms with Crippen molar-refractivity contribution in [3.63, 3.8) is 0 Å². The molecule has 0 bridgehead atoms. The molecule has 0 saturated heterocycles. The first-order valence-corrected chi connectivity index (χ1v) is 7.25. The molecule has 4 heteroatoms. The predicted molar refractivity (Wildman–Crippen MR) is 89.6 cm³/mol. The number of aliphatic carboxylic acids is 1. The zero-order valence-electron chi connectivity index (χ0n) is 13.5. The van der Waals surface area contributed by atoms with Crippen molar-refractivity contribution in [1.82, 2.24) is 0 Å². The minimum atomic E-state index is -1.00. The Morgan fingerprint density at radius 3 is 2.35 bits per heavy atom. The first-order valence-electron chi connectivity index (χ1n) is 7.25. The fourth-order valence-corrected chi connectivity index (χ4v) is 2.28. The SMILES string of the molecule is COCOc1ccc(C)cc1/C(=C\C(=O)O)c1ccc(C)cc1. The lowest BCUT2D eigenvalue weighted by atomic mass is 9.95. The van der Waals surface area contributed by atoms with Crippen molar-refractivity contribution in [2.75, 3.05) is 13.9 Å². The molecule has 2 rings (SSSR count). The third-order valence-corrected chi connectivity index (χ3v) is 3.39. The van der Waals surface area contributed by atoms with E-state index in [0.29, 0.717) is 11.3 Å². The average Bonchev–Trinajstić information content (AvgIpc) is 2.52. The van der Waals surface area contributed by atoms with E-state index >= 15 is 0 Å². The van der Waals surface area contributed by atoms with Crippen molar-refractivity contribution < 1.29 is 19.4 Å². The lowest BCUT2D eigenvalue weighted by Gasteiger charge is -2.15. The van der Waals surface area contributed by atoms with Crippen LogP contribution in [0, 0.1) is 13.8 Å². The van der Waals surface area contributed by atoms with Gasteiger partial charge in [-0.1, -0.05) is 41.5 Å². The molecular weight excluding hydrogens is 292 g/mol. The minimum absolute atomic E-state index is 0.101. The molecule has 0 radical (unpaired) electrons. The van der Waals surface area contributed by atoms with Gasteiger partial charge in [-0.05, 0) is 37.1 Å². The topological polar surface area (TPSA) is 55.8 Å². The van der Waals surface area contributed by atoms with E-state index in [0.717, 1.165) is 22.3 Å². The Hall–Kier alpha value is -2.59. The van der Waals surface area contributed by atoms with Crippen LogP contribution in [-0.2, 0) is 9.53 Å². The van der Waals surface area contributed by atoms with E-state index in [2.05, 4.69) is 0 Å². The van der Waals surface area contributed by atoms with E-state index < -0.39 is 5.97 Å².